The van der Waals surface area contributed by atoms with Gasteiger partial charge in [-0.25, -0.2) is 13.4 Å². The molecule has 0 unspecified atom stereocenters. The molecule has 1 aromatic carbocycles. The first-order valence-corrected chi connectivity index (χ1v) is 8.89. The maximum Gasteiger partial charge on any atom is 0.271 e. The van der Waals surface area contributed by atoms with Gasteiger partial charge in [-0.1, -0.05) is 23.7 Å². The van der Waals surface area contributed by atoms with Gasteiger partial charge in [0, 0.05) is 11.3 Å². The van der Waals surface area contributed by atoms with Crippen LogP contribution in [0.5, 0.6) is 0 Å². The molecule has 0 aliphatic heterocycles. The fourth-order valence-corrected chi connectivity index (χ4v) is 4.37. The average Bonchev–Trinajstić information content (AvgIpc) is 3.08. The van der Waals surface area contributed by atoms with E-state index in [1.165, 1.54) is 6.07 Å². The summed E-state index contributed by atoms with van der Waals surface area (Å²) in [5.74, 6) is 1.20. The summed E-state index contributed by atoms with van der Waals surface area (Å²) >= 11 is 6.79. The van der Waals surface area contributed by atoms with Gasteiger partial charge in [0.15, 0.2) is 5.82 Å². The van der Waals surface area contributed by atoms with E-state index in [2.05, 4.69) is 19.9 Å². The van der Waals surface area contributed by atoms with Gasteiger partial charge < -0.3 is 0 Å². The van der Waals surface area contributed by atoms with Gasteiger partial charge in [0.05, 0.1) is 4.34 Å². The highest BCUT2D eigenvalue weighted by Gasteiger charge is 2.17. The molecule has 0 bridgehead atoms. The van der Waals surface area contributed by atoms with Crippen LogP contribution in [0.4, 0.5) is 5.69 Å². The summed E-state index contributed by atoms with van der Waals surface area (Å²) in [5.41, 5.74) is 1.15. The van der Waals surface area contributed by atoms with Gasteiger partial charge in [-0.3, -0.25) is 9.82 Å². The molecule has 3 aromatic rings. The Hall–Kier alpha value is -1.90. The number of aromatic nitrogens is 3. The maximum absolute atomic E-state index is 12.3. The van der Waals surface area contributed by atoms with Crippen molar-refractivity contribution in [3.63, 3.8) is 0 Å². The van der Waals surface area contributed by atoms with Crippen molar-refractivity contribution < 1.29 is 8.42 Å². The molecule has 0 atom stereocenters. The second kappa shape index (κ2) is 5.71. The summed E-state index contributed by atoms with van der Waals surface area (Å²) in [6.07, 6.45) is 0. The monoisotopic (exact) mass is 354 g/mol. The largest absolute Gasteiger partial charge is 0.279 e. The molecular formula is C13H11ClN4O2S2. The van der Waals surface area contributed by atoms with E-state index in [-0.39, 0.29) is 4.21 Å². The number of benzene rings is 1. The number of rotatable bonds is 4. The van der Waals surface area contributed by atoms with Crippen LogP contribution in [0.2, 0.25) is 4.34 Å². The van der Waals surface area contributed by atoms with Crippen molar-refractivity contribution >= 4 is 38.6 Å². The van der Waals surface area contributed by atoms with Crippen LogP contribution >= 0.6 is 22.9 Å². The van der Waals surface area contributed by atoms with Crippen molar-refractivity contribution in [2.45, 2.75) is 11.1 Å². The molecule has 9 heteroatoms. The topological polar surface area (TPSA) is 87.7 Å². The fourth-order valence-electron chi connectivity index (χ4n) is 1.84. The molecule has 0 fully saturated rings. The van der Waals surface area contributed by atoms with Crippen LogP contribution in [-0.2, 0) is 10.0 Å². The molecule has 0 radical (unpaired) electrons. The summed E-state index contributed by atoms with van der Waals surface area (Å²) in [7, 11) is -3.65. The number of aryl methyl sites for hydroxylation is 1. The summed E-state index contributed by atoms with van der Waals surface area (Å²) in [4.78, 5) is 4.22. The smallest absolute Gasteiger partial charge is 0.271 e. The van der Waals surface area contributed by atoms with Crippen molar-refractivity contribution in [2.75, 3.05) is 4.72 Å². The molecule has 3 rings (SSSR count). The molecule has 0 saturated heterocycles. The number of halogens is 1. The third kappa shape index (κ3) is 3.13. The van der Waals surface area contributed by atoms with Gasteiger partial charge in [-0.15, -0.1) is 11.3 Å². The number of sulfonamides is 1. The highest BCUT2D eigenvalue weighted by Crippen LogP contribution is 2.28. The van der Waals surface area contributed by atoms with Crippen LogP contribution in [0.25, 0.3) is 11.4 Å². The highest BCUT2D eigenvalue weighted by molar-refractivity contribution is 7.94. The lowest BCUT2D eigenvalue weighted by atomic mass is 10.2. The molecule has 22 heavy (non-hydrogen) atoms. The van der Waals surface area contributed by atoms with E-state index in [0.29, 0.717) is 27.2 Å². The van der Waals surface area contributed by atoms with Crippen molar-refractivity contribution in [1.29, 1.82) is 0 Å². The number of H-pyrrole nitrogens is 1. The summed E-state index contributed by atoms with van der Waals surface area (Å²) in [6.45, 7) is 1.80. The van der Waals surface area contributed by atoms with Crippen LogP contribution in [0.3, 0.4) is 0 Å². The second-order valence-corrected chi connectivity index (χ2v) is 8.11. The van der Waals surface area contributed by atoms with Gasteiger partial charge in [0.25, 0.3) is 10.0 Å². The van der Waals surface area contributed by atoms with E-state index in [1.807, 2.05) is 6.07 Å². The lowest BCUT2D eigenvalue weighted by Crippen LogP contribution is -2.11. The molecule has 0 aliphatic carbocycles. The first-order valence-electron chi connectivity index (χ1n) is 6.22. The number of nitrogens with zero attached hydrogens (tertiary/aromatic N) is 2. The van der Waals surface area contributed by atoms with E-state index >= 15 is 0 Å². The molecule has 2 N–H and O–H groups in total. The lowest BCUT2D eigenvalue weighted by molar-refractivity contribution is 0.603. The standard InChI is InChI=1S/C13H11ClN4O2S2/c1-8-15-13(17-16-8)9-3-2-4-10(7-9)18-22(19,20)12-6-5-11(14)21-12/h2-7,18H,1H3,(H,15,16,17). The average molecular weight is 355 g/mol. The first kappa shape index (κ1) is 15.0. The Morgan fingerprint density at radius 1 is 1.27 bits per heavy atom. The summed E-state index contributed by atoms with van der Waals surface area (Å²) in [5, 5.41) is 6.81. The van der Waals surface area contributed by atoms with Crippen LogP contribution < -0.4 is 4.72 Å². The maximum atomic E-state index is 12.3. The molecule has 2 heterocycles. The van der Waals surface area contributed by atoms with Crippen LogP contribution in [0.1, 0.15) is 5.82 Å². The predicted molar refractivity (Wildman–Crippen MR) is 86.7 cm³/mol. The van der Waals surface area contributed by atoms with Crippen molar-refractivity contribution in [2.24, 2.45) is 0 Å². The van der Waals surface area contributed by atoms with Gasteiger partial charge in [-0.05, 0) is 31.2 Å². The van der Waals surface area contributed by atoms with E-state index in [0.717, 1.165) is 11.3 Å². The van der Waals surface area contributed by atoms with Crippen molar-refractivity contribution in [3.8, 4) is 11.4 Å². The second-order valence-electron chi connectivity index (χ2n) is 4.49. The zero-order chi connectivity index (χ0) is 15.7. The van der Waals surface area contributed by atoms with Crippen LogP contribution in [0.15, 0.2) is 40.6 Å². The van der Waals surface area contributed by atoms with E-state index in [9.17, 15) is 8.42 Å². The predicted octanol–water partition coefficient (Wildman–Crippen LogP) is 3.30. The van der Waals surface area contributed by atoms with Crippen LogP contribution in [0, 0.1) is 6.92 Å². The van der Waals surface area contributed by atoms with Gasteiger partial charge in [0.2, 0.25) is 0 Å². The van der Waals surface area contributed by atoms with Gasteiger partial charge in [-0.2, -0.15) is 5.10 Å². The zero-order valence-electron chi connectivity index (χ0n) is 11.4. The third-order valence-electron chi connectivity index (χ3n) is 2.78. The van der Waals surface area contributed by atoms with E-state index in [4.69, 9.17) is 11.6 Å². The lowest BCUT2D eigenvalue weighted by Gasteiger charge is -2.07. The highest BCUT2D eigenvalue weighted by atomic mass is 35.5. The SMILES string of the molecule is Cc1nc(-c2cccc(NS(=O)(=O)c3ccc(Cl)s3)c2)n[nH]1. The molecule has 0 amide bonds. The minimum atomic E-state index is -3.65. The van der Waals surface area contributed by atoms with Gasteiger partial charge in [0.1, 0.15) is 10.0 Å². The van der Waals surface area contributed by atoms with Crippen molar-refractivity contribution in [3.05, 3.63) is 46.6 Å². The Balaban J connectivity index is 1.90. The Labute approximate surface area is 136 Å². The minimum Gasteiger partial charge on any atom is -0.279 e. The first-order chi connectivity index (χ1) is 10.4. The quantitative estimate of drug-likeness (QED) is 0.752. The number of nitrogens with one attached hydrogen (secondary N) is 2. The normalized spacial score (nSPS) is 11.5. The number of hydrogen-bond acceptors (Lipinski definition) is 5. The molecule has 0 aliphatic rings. The number of aromatic amines is 1. The van der Waals surface area contributed by atoms with Crippen molar-refractivity contribution in [1.82, 2.24) is 15.2 Å². The Kier molecular flexibility index (Phi) is 3.90. The Morgan fingerprint density at radius 2 is 2.09 bits per heavy atom. The van der Waals surface area contributed by atoms with Crippen LogP contribution in [-0.4, -0.2) is 23.6 Å². The minimum absolute atomic E-state index is 0.164. The molecule has 0 saturated carbocycles. The van der Waals surface area contributed by atoms with Gasteiger partial charge >= 0.3 is 0 Å². The van der Waals surface area contributed by atoms with E-state index in [1.54, 1.807) is 31.2 Å². The molecule has 6 nitrogen and oxygen atoms in total. The Morgan fingerprint density at radius 3 is 2.73 bits per heavy atom. The zero-order valence-corrected chi connectivity index (χ0v) is 13.8. The Bertz CT molecular complexity index is 918. The number of anilines is 1. The van der Waals surface area contributed by atoms with E-state index < -0.39 is 10.0 Å². The molecule has 0 spiro atoms. The number of thiophene rings is 1. The molecular weight excluding hydrogens is 344 g/mol. The number of hydrogen-bond donors (Lipinski definition) is 2. The summed E-state index contributed by atoms with van der Waals surface area (Å²) in [6, 6.07) is 9.90. The molecule has 114 valence electrons. The molecule has 2 aromatic heterocycles. The fraction of sp³-hybridized carbons (Fsp3) is 0.0769. The summed E-state index contributed by atoms with van der Waals surface area (Å²) < 4.78 is 27.6. The third-order valence-corrected chi connectivity index (χ3v) is 5.89.